The topological polar surface area (TPSA) is 62.7 Å². The third-order valence-corrected chi connectivity index (χ3v) is 6.36. The summed E-state index contributed by atoms with van der Waals surface area (Å²) < 4.78 is 5.46. The van der Waals surface area contributed by atoms with Gasteiger partial charge in [0.1, 0.15) is 12.3 Å². The highest BCUT2D eigenvalue weighted by Gasteiger charge is 2.31. The Kier molecular flexibility index (Phi) is 4.72. The number of nitrogens with zero attached hydrogens (tertiary/aromatic N) is 3. The number of fused-ring (bicyclic) bond motifs is 2. The summed E-state index contributed by atoms with van der Waals surface area (Å²) in [5.41, 5.74) is 4.54. The lowest BCUT2D eigenvalue weighted by Gasteiger charge is -2.30. The first-order valence-electron chi connectivity index (χ1n) is 9.58. The SMILES string of the molecule is Cc1nc(-c2ccc3c(c2)CCN3C(=O)CN2C(=O)COc3ccc(Cl)cc32)cs1. The third-order valence-electron chi connectivity index (χ3n) is 5.35. The molecule has 3 aromatic rings. The summed E-state index contributed by atoms with van der Waals surface area (Å²) in [6.07, 6.45) is 0.775. The van der Waals surface area contributed by atoms with Gasteiger partial charge in [0.15, 0.2) is 6.61 Å². The first kappa shape index (κ1) is 19.1. The number of thiazole rings is 1. The lowest BCUT2D eigenvalue weighted by atomic mass is 10.1. The Balaban J connectivity index is 1.39. The second-order valence-electron chi connectivity index (χ2n) is 7.27. The fourth-order valence-electron chi connectivity index (χ4n) is 3.89. The molecular formula is C22H18ClN3O3S. The van der Waals surface area contributed by atoms with Gasteiger partial charge in [-0.15, -0.1) is 11.3 Å². The number of hydrogen-bond acceptors (Lipinski definition) is 5. The van der Waals surface area contributed by atoms with Crippen LogP contribution in [-0.4, -0.2) is 36.5 Å². The van der Waals surface area contributed by atoms with Crippen LogP contribution in [0.4, 0.5) is 11.4 Å². The van der Waals surface area contributed by atoms with Gasteiger partial charge in [-0.05, 0) is 49.2 Å². The molecule has 0 aliphatic carbocycles. The molecule has 0 bridgehead atoms. The largest absolute Gasteiger partial charge is 0.482 e. The second-order valence-corrected chi connectivity index (χ2v) is 8.77. The second kappa shape index (κ2) is 7.41. The molecule has 0 radical (unpaired) electrons. The number of hydrogen-bond donors (Lipinski definition) is 0. The molecule has 2 amide bonds. The van der Waals surface area contributed by atoms with Crippen LogP contribution in [0.5, 0.6) is 5.75 Å². The number of carbonyl (C=O) groups is 2. The first-order chi connectivity index (χ1) is 14.5. The summed E-state index contributed by atoms with van der Waals surface area (Å²) in [5.74, 6) is 0.163. The van der Waals surface area contributed by atoms with Crippen LogP contribution >= 0.6 is 22.9 Å². The summed E-state index contributed by atoms with van der Waals surface area (Å²) in [5, 5.41) is 3.56. The highest BCUT2D eigenvalue weighted by atomic mass is 35.5. The minimum Gasteiger partial charge on any atom is -0.482 e. The van der Waals surface area contributed by atoms with Crippen molar-refractivity contribution >= 4 is 46.1 Å². The van der Waals surface area contributed by atoms with Crippen LogP contribution in [0.2, 0.25) is 5.02 Å². The van der Waals surface area contributed by atoms with E-state index in [-0.39, 0.29) is 25.0 Å². The number of aromatic nitrogens is 1. The maximum absolute atomic E-state index is 13.1. The summed E-state index contributed by atoms with van der Waals surface area (Å²) in [7, 11) is 0. The monoisotopic (exact) mass is 439 g/mol. The van der Waals surface area contributed by atoms with Gasteiger partial charge in [0.2, 0.25) is 5.91 Å². The van der Waals surface area contributed by atoms with Crippen molar-refractivity contribution in [3.63, 3.8) is 0 Å². The van der Waals surface area contributed by atoms with Gasteiger partial charge in [-0.3, -0.25) is 14.5 Å². The van der Waals surface area contributed by atoms with Crippen molar-refractivity contribution < 1.29 is 14.3 Å². The number of rotatable bonds is 3. The van der Waals surface area contributed by atoms with Gasteiger partial charge in [-0.2, -0.15) is 0 Å². The fraction of sp³-hybridized carbons (Fsp3) is 0.227. The molecule has 6 nitrogen and oxygen atoms in total. The zero-order valence-corrected chi connectivity index (χ0v) is 17.8. The van der Waals surface area contributed by atoms with E-state index in [0.717, 1.165) is 33.9 Å². The Morgan fingerprint density at radius 3 is 2.90 bits per heavy atom. The predicted octanol–water partition coefficient (Wildman–Crippen LogP) is 4.09. The molecule has 0 N–H and O–H groups in total. The summed E-state index contributed by atoms with van der Waals surface area (Å²) >= 11 is 7.71. The van der Waals surface area contributed by atoms with Crippen molar-refractivity contribution in [3.05, 3.63) is 57.4 Å². The highest BCUT2D eigenvalue weighted by molar-refractivity contribution is 7.09. The highest BCUT2D eigenvalue weighted by Crippen LogP contribution is 2.36. The number of benzene rings is 2. The number of anilines is 2. The molecule has 2 aliphatic rings. The quantitative estimate of drug-likeness (QED) is 0.616. The molecule has 2 aliphatic heterocycles. The Morgan fingerprint density at radius 1 is 1.23 bits per heavy atom. The van der Waals surface area contributed by atoms with Gasteiger partial charge in [0.05, 0.1) is 16.4 Å². The Labute approximate surface area is 182 Å². The Bertz CT molecular complexity index is 1180. The Morgan fingerprint density at radius 2 is 2.10 bits per heavy atom. The molecule has 0 saturated carbocycles. The zero-order valence-electron chi connectivity index (χ0n) is 16.2. The van der Waals surface area contributed by atoms with Gasteiger partial charge in [0.25, 0.3) is 5.91 Å². The van der Waals surface area contributed by atoms with E-state index in [4.69, 9.17) is 16.3 Å². The number of ether oxygens (including phenoxy) is 1. The van der Waals surface area contributed by atoms with Crippen molar-refractivity contribution in [2.24, 2.45) is 0 Å². The van der Waals surface area contributed by atoms with Crippen molar-refractivity contribution in [1.82, 2.24) is 4.98 Å². The summed E-state index contributed by atoms with van der Waals surface area (Å²) in [4.78, 5) is 33.3. The van der Waals surface area contributed by atoms with Crippen molar-refractivity contribution in [2.45, 2.75) is 13.3 Å². The molecule has 152 valence electrons. The van der Waals surface area contributed by atoms with Gasteiger partial charge >= 0.3 is 0 Å². The fourth-order valence-corrected chi connectivity index (χ4v) is 4.67. The van der Waals surface area contributed by atoms with Gasteiger partial charge in [-0.25, -0.2) is 4.98 Å². The van der Waals surface area contributed by atoms with Crippen LogP contribution in [-0.2, 0) is 16.0 Å². The van der Waals surface area contributed by atoms with E-state index in [1.807, 2.05) is 24.4 Å². The van der Waals surface area contributed by atoms with E-state index in [1.54, 1.807) is 34.4 Å². The maximum Gasteiger partial charge on any atom is 0.265 e. The van der Waals surface area contributed by atoms with E-state index in [0.29, 0.717) is 23.0 Å². The molecule has 0 spiro atoms. The van der Waals surface area contributed by atoms with Crippen molar-refractivity contribution in [1.29, 1.82) is 0 Å². The summed E-state index contributed by atoms with van der Waals surface area (Å²) in [6, 6.07) is 11.1. The summed E-state index contributed by atoms with van der Waals surface area (Å²) in [6.45, 7) is 2.44. The molecule has 0 atom stereocenters. The lowest BCUT2D eigenvalue weighted by Crippen LogP contribution is -2.46. The molecule has 0 saturated heterocycles. The maximum atomic E-state index is 13.1. The molecule has 30 heavy (non-hydrogen) atoms. The molecule has 0 unspecified atom stereocenters. The number of carbonyl (C=O) groups excluding carboxylic acids is 2. The molecule has 1 aromatic heterocycles. The van der Waals surface area contributed by atoms with E-state index in [2.05, 4.69) is 11.1 Å². The molecular weight excluding hydrogens is 422 g/mol. The molecule has 8 heteroatoms. The Hall–Kier alpha value is -2.90. The van der Waals surface area contributed by atoms with Crippen LogP contribution < -0.4 is 14.5 Å². The van der Waals surface area contributed by atoms with Crippen LogP contribution in [0.1, 0.15) is 10.6 Å². The number of halogens is 1. The van der Waals surface area contributed by atoms with E-state index < -0.39 is 0 Å². The van der Waals surface area contributed by atoms with Crippen LogP contribution in [0.25, 0.3) is 11.3 Å². The minimum atomic E-state index is -0.258. The van der Waals surface area contributed by atoms with E-state index >= 15 is 0 Å². The zero-order chi connectivity index (χ0) is 20.8. The standard InChI is InChI=1S/C22H18ClN3O3S/c1-13-24-17(12-30-13)14-2-4-18-15(8-14)6-7-25(18)21(27)10-26-19-9-16(23)3-5-20(19)29-11-22(26)28/h2-5,8-9,12H,6-7,10-11H2,1H3. The molecule has 3 heterocycles. The minimum absolute atomic E-state index is 0.0536. The van der Waals surface area contributed by atoms with Gasteiger partial charge < -0.3 is 9.64 Å². The van der Waals surface area contributed by atoms with Crippen molar-refractivity contribution in [3.8, 4) is 17.0 Å². The normalized spacial score (nSPS) is 15.1. The lowest BCUT2D eigenvalue weighted by molar-refractivity contribution is -0.124. The smallest absolute Gasteiger partial charge is 0.265 e. The molecule has 5 rings (SSSR count). The van der Waals surface area contributed by atoms with E-state index in [9.17, 15) is 9.59 Å². The van der Waals surface area contributed by atoms with Gasteiger partial charge in [0, 0.05) is 28.2 Å². The van der Waals surface area contributed by atoms with Gasteiger partial charge in [-0.1, -0.05) is 17.7 Å². The van der Waals surface area contributed by atoms with Crippen LogP contribution in [0, 0.1) is 6.92 Å². The average Bonchev–Trinajstić information content (AvgIpc) is 3.36. The number of aryl methyl sites for hydroxylation is 1. The van der Waals surface area contributed by atoms with E-state index in [1.165, 1.54) is 4.90 Å². The predicted molar refractivity (Wildman–Crippen MR) is 118 cm³/mol. The van der Waals surface area contributed by atoms with Crippen LogP contribution in [0.3, 0.4) is 0 Å². The third kappa shape index (κ3) is 3.34. The number of amides is 2. The molecule has 2 aromatic carbocycles. The molecule has 0 fully saturated rings. The average molecular weight is 440 g/mol. The van der Waals surface area contributed by atoms with Crippen LogP contribution in [0.15, 0.2) is 41.8 Å². The van der Waals surface area contributed by atoms with Crippen molar-refractivity contribution in [2.75, 3.05) is 29.5 Å². The first-order valence-corrected chi connectivity index (χ1v) is 10.8.